The normalized spacial score (nSPS) is 16.3. The molecule has 13 nitrogen and oxygen atoms in total. The van der Waals surface area contributed by atoms with E-state index in [4.69, 9.17) is 15.2 Å². The fraction of sp³-hybridized carbons (Fsp3) is 0.283. The summed E-state index contributed by atoms with van der Waals surface area (Å²) in [6.45, 7) is 0.375. The maximum atomic E-state index is 12.7. The summed E-state index contributed by atoms with van der Waals surface area (Å²) < 4.78 is 14.9. The predicted octanol–water partition coefficient (Wildman–Crippen LogP) is 8.04. The molecule has 0 saturated carbocycles. The average Bonchev–Trinajstić information content (AvgIpc) is 3.76. The lowest BCUT2D eigenvalue weighted by Crippen LogP contribution is -2.31. The number of carbonyl (C=O) groups is 2. The lowest BCUT2D eigenvalue weighted by atomic mass is 9.99. The summed E-state index contributed by atoms with van der Waals surface area (Å²) >= 11 is 1.48. The van der Waals surface area contributed by atoms with Crippen molar-refractivity contribution < 1.29 is 29.3 Å². The highest BCUT2D eigenvalue weighted by Gasteiger charge is 2.33. The number of aromatic hydroxyl groups is 1. The van der Waals surface area contributed by atoms with Crippen molar-refractivity contribution in [3.8, 4) is 22.6 Å². The smallest absolute Gasteiger partial charge is 0.224 e. The van der Waals surface area contributed by atoms with Crippen LogP contribution < -0.4 is 16.4 Å². The molecule has 3 atom stereocenters. The zero-order chi connectivity index (χ0) is 41.7. The highest BCUT2D eigenvalue weighted by atomic mass is 32.2. The molecule has 1 aliphatic heterocycles. The number of phenols is 1. The fourth-order valence-corrected chi connectivity index (χ4v) is 7.89. The molecule has 1 aromatic heterocycles. The van der Waals surface area contributed by atoms with E-state index in [9.17, 15) is 19.8 Å². The van der Waals surface area contributed by atoms with Crippen LogP contribution in [0.5, 0.6) is 5.75 Å². The number of anilines is 2. The van der Waals surface area contributed by atoms with Crippen molar-refractivity contribution in [2.75, 3.05) is 16.8 Å². The molecule has 60 heavy (non-hydrogen) atoms. The van der Waals surface area contributed by atoms with Crippen molar-refractivity contribution in [1.82, 2.24) is 25.5 Å². The molecule has 6 N–H and O–H groups in total. The van der Waals surface area contributed by atoms with Crippen molar-refractivity contribution in [2.45, 2.75) is 81.8 Å². The van der Waals surface area contributed by atoms with Crippen molar-refractivity contribution in [1.29, 1.82) is 0 Å². The molecule has 0 radical (unpaired) electrons. The number of aliphatic hydroxyl groups excluding tert-OH is 1. The Balaban J connectivity index is 0.938. The molecule has 2 amide bonds. The van der Waals surface area contributed by atoms with Gasteiger partial charge in [-0.2, -0.15) is 4.68 Å². The Hall–Kier alpha value is -6.06. The molecule has 0 aliphatic carbocycles. The van der Waals surface area contributed by atoms with Gasteiger partial charge in [-0.1, -0.05) is 97.4 Å². The van der Waals surface area contributed by atoms with Gasteiger partial charge in [0.25, 0.3) is 0 Å². The number of hydrogen-bond acceptors (Lipinski definition) is 11. The monoisotopic (exact) mass is 827 g/mol. The zero-order valence-electron chi connectivity index (χ0n) is 33.2. The Labute approximate surface area is 353 Å². The first-order valence-corrected chi connectivity index (χ1v) is 21.1. The van der Waals surface area contributed by atoms with Gasteiger partial charge in [0.05, 0.1) is 35.9 Å². The third kappa shape index (κ3) is 11.6. The number of amides is 2. The van der Waals surface area contributed by atoms with E-state index in [1.807, 2.05) is 72.8 Å². The van der Waals surface area contributed by atoms with Crippen molar-refractivity contribution in [3.05, 3.63) is 144 Å². The first-order chi connectivity index (χ1) is 29.3. The number of para-hydroxylation sites is 2. The number of nitrogens with zero attached hydrogens (tertiary/aromatic N) is 4. The lowest BCUT2D eigenvalue weighted by Gasteiger charge is -2.36. The summed E-state index contributed by atoms with van der Waals surface area (Å²) in [5, 5.41) is 38.2. The van der Waals surface area contributed by atoms with E-state index in [-0.39, 0.29) is 36.4 Å². The van der Waals surface area contributed by atoms with E-state index in [1.165, 1.54) is 11.8 Å². The quantitative estimate of drug-likeness (QED) is 0.0321. The lowest BCUT2D eigenvalue weighted by molar-refractivity contribution is -0.245. The van der Waals surface area contributed by atoms with Crippen LogP contribution >= 0.6 is 11.8 Å². The summed E-state index contributed by atoms with van der Waals surface area (Å²) in [4.78, 5) is 25.0. The van der Waals surface area contributed by atoms with Gasteiger partial charge in [0.1, 0.15) is 5.75 Å². The maximum Gasteiger partial charge on any atom is 0.224 e. The summed E-state index contributed by atoms with van der Waals surface area (Å²) in [7, 11) is 0. The number of benzene rings is 5. The Morgan fingerprint density at radius 3 is 2.28 bits per heavy atom. The Kier molecular flexibility index (Phi) is 14.6. The molecule has 5 aromatic carbocycles. The number of tetrazole rings is 1. The van der Waals surface area contributed by atoms with Crippen LogP contribution in [0.2, 0.25) is 0 Å². The number of aliphatic hydroxyl groups is 1. The number of rotatable bonds is 18. The number of hydrogen-bond donors (Lipinski definition) is 5. The van der Waals surface area contributed by atoms with Gasteiger partial charge in [0.2, 0.25) is 17.0 Å². The summed E-state index contributed by atoms with van der Waals surface area (Å²) in [5.74, 6) is 0.653. The summed E-state index contributed by atoms with van der Waals surface area (Å²) in [6.07, 6.45) is 3.53. The van der Waals surface area contributed by atoms with Gasteiger partial charge >= 0.3 is 0 Å². The molecule has 310 valence electrons. The van der Waals surface area contributed by atoms with E-state index >= 15 is 0 Å². The van der Waals surface area contributed by atoms with Crippen LogP contribution in [0, 0.1) is 0 Å². The molecule has 2 heterocycles. The van der Waals surface area contributed by atoms with Gasteiger partial charge in [-0.3, -0.25) is 9.59 Å². The molecule has 1 fully saturated rings. The second-order valence-corrected chi connectivity index (χ2v) is 15.7. The number of phenolic OH excluding ortho intramolecular Hbond substituents is 1. The molecule has 0 spiro atoms. The van der Waals surface area contributed by atoms with Gasteiger partial charge in [-0.05, 0) is 99.6 Å². The number of nitrogens with one attached hydrogen (secondary N) is 2. The minimum absolute atomic E-state index is 0.00332. The number of ether oxygens (including phenoxy) is 2. The number of aromatic nitrogens is 4. The topological polar surface area (TPSA) is 187 Å². The molecule has 14 heteroatoms. The number of thioether (sulfide) groups is 1. The fourth-order valence-electron chi connectivity index (χ4n) is 6.98. The van der Waals surface area contributed by atoms with Gasteiger partial charge < -0.3 is 36.1 Å². The predicted molar refractivity (Wildman–Crippen MR) is 231 cm³/mol. The molecule has 6 aromatic rings. The molecule has 0 bridgehead atoms. The molecule has 1 aliphatic rings. The number of carbonyl (C=O) groups excluding carboxylic acids is 2. The van der Waals surface area contributed by atoms with E-state index in [1.54, 1.807) is 41.1 Å². The van der Waals surface area contributed by atoms with E-state index < -0.39 is 6.29 Å². The minimum Gasteiger partial charge on any atom is -0.508 e. The van der Waals surface area contributed by atoms with Crippen LogP contribution in [0.25, 0.3) is 16.8 Å². The third-order valence-corrected chi connectivity index (χ3v) is 11.3. The highest BCUT2D eigenvalue weighted by Crippen LogP contribution is 2.40. The molecule has 7 rings (SSSR count). The van der Waals surface area contributed by atoms with Crippen LogP contribution in [-0.2, 0) is 32.2 Å². The minimum atomic E-state index is -0.659. The van der Waals surface area contributed by atoms with Crippen LogP contribution in [-0.4, -0.2) is 54.1 Å². The van der Waals surface area contributed by atoms with Gasteiger partial charge in [0, 0.05) is 37.1 Å². The second kappa shape index (κ2) is 20.8. The Bertz CT molecular complexity index is 2340. The highest BCUT2D eigenvalue weighted by molar-refractivity contribution is 7.99. The number of unbranched alkanes of at least 4 members (excludes halogenated alkanes) is 3. The van der Waals surface area contributed by atoms with Gasteiger partial charge in [0.15, 0.2) is 6.29 Å². The SMILES string of the molecule is Nc1ccccc1NC(=O)CCCCCCC(=O)NCc1cccc(-c2cccc(C3OC(CSc4nnnn4-c4ccc(O)cc4)CC(c4ccc(CO)cc4)O3)c2)c1. The average molecular weight is 828 g/mol. The second-order valence-electron chi connectivity index (χ2n) is 14.7. The number of nitrogen functional groups attached to an aromatic ring is 1. The van der Waals surface area contributed by atoms with E-state index in [0.717, 1.165) is 64.8 Å². The van der Waals surface area contributed by atoms with Crippen LogP contribution in [0.1, 0.15) is 79.6 Å². The zero-order valence-corrected chi connectivity index (χ0v) is 34.0. The molecular weight excluding hydrogens is 779 g/mol. The first kappa shape index (κ1) is 42.1. The van der Waals surface area contributed by atoms with Crippen LogP contribution in [0.3, 0.4) is 0 Å². The largest absolute Gasteiger partial charge is 0.508 e. The Morgan fingerprint density at radius 2 is 1.52 bits per heavy atom. The Morgan fingerprint density at radius 1 is 0.783 bits per heavy atom. The van der Waals surface area contributed by atoms with Crippen LogP contribution in [0.4, 0.5) is 11.4 Å². The van der Waals surface area contributed by atoms with E-state index in [2.05, 4.69) is 38.3 Å². The summed E-state index contributed by atoms with van der Waals surface area (Å²) in [6, 6.07) is 37.9. The summed E-state index contributed by atoms with van der Waals surface area (Å²) in [5.41, 5.74) is 13.5. The third-order valence-electron chi connectivity index (χ3n) is 10.2. The van der Waals surface area contributed by atoms with Crippen LogP contribution in [0.15, 0.2) is 126 Å². The standard InChI is InChI=1S/C46H49N7O6S/c47-40-13-5-6-14-41(40)49-44(57)16-4-2-1-3-15-43(56)48-28-32-9-7-10-34(25-32)35-11-8-12-36(26-35)45-58-39(27-42(59-45)33-19-17-31(29-54)18-20-33)30-60-46-50-51-52-53(46)37-21-23-38(55)24-22-37/h5-14,17-26,39,42,45,54-55H,1-4,15-16,27-30,47H2,(H,48,56)(H,49,57). The van der Waals surface area contributed by atoms with Crippen molar-refractivity contribution >= 4 is 35.0 Å². The molecule has 3 unspecified atom stereocenters. The van der Waals surface area contributed by atoms with Crippen molar-refractivity contribution in [3.63, 3.8) is 0 Å². The first-order valence-electron chi connectivity index (χ1n) is 20.1. The number of nitrogens with two attached hydrogens (primary N) is 1. The van der Waals surface area contributed by atoms with Gasteiger partial charge in [-0.25, -0.2) is 0 Å². The van der Waals surface area contributed by atoms with E-state index in [0.29, 0.717) is 48.1 Å². The molecular formula is C46H49N7O6S. The molecule has 1 saturated heterocycles. The maximum absolute atomic E-state index is 12.7. The van der Waals surface area contributed by atoms with Gasteiger partial charge in [-0.15, -0.1) is 5.10 Å². The van der Waals surface area contributed by atoms with Crippen molar-refractivity contribution in [2.24, 2.45) is 0 Å².